The zero-order valence-electron chi connectivity index (χ0n) is 18.3. The quantitative estimate of drug-likeness (QED) is 0.563. The van der Waals surface area contributed by atoms with E-state index in [1.807, 2.05) is 36.4 Å². The van der Waals surface area contributed by atoms with Gasteiger partial charge in [-0.2, -0.15) is 0 Å². The first-order valence-electron chi connectivity index (χ1n) is 11.1. The molecule has 32 heavy (non-hydrogen) atoms. The largest absolute Gasteiger partial charge is 0.497 e. The van der Waals surface area contributed by atoms with Gasteiger partial charge in [-0.25, -0.2) is 0 Å². The van der Waals surface area contributed by atoms with Crippen molar-refractivity contribution in [2.75, 3.05) is 26.7 Å². The molecule has 1 saturated heterocycles. The average molecular weight is 432 g/mol. The van der Waals surface area contributed by atoms with E-state index in [9.17, 15) is 9.59 Å². The topological polar surface area (TPSA) is 70.7 Å². The van der Waals surface area contributed by atoms with E-state index in [4.69, 9.17) is 4.74 Å². The third-order valence-corrected chi connectivity index (χ3v) is 6.04. The van der Waals surface area contributed by atoms with E-state index >= 15 is 0 Å². The SMILES string of the molecule is COc1ccc(CNC(=O)C(=O)NC[C@H](c2cccc3ccccc23)N2CCCC2)cc1. The summed E-state index contributed by atoms with van der Waals surface area (Å²) in [7, 11) is 1.61. The van der Waals surface area contributed by atoms with Gasteiger partial charge in [0, 0.05) is 13.1 Å². The van der Waals surface area contributed by atoms with E-state index in [0.29, 0.717) is 6.54 Å². The second-order valence-corrected chi connectivity index (χ2v) is 8.07. The lowest BCUT2D eigenvalue weighted by Gasteiger charge is -2.29. The number of nitrogens with one attached hydrogen (secondary N) is 2. The van der Waals surface area contributed by atoms with Crippen LogP contribution in [-0.4, -0.2) is 43.5 Å². The second-order valence-electron chi connectivity index (χ2n) is 8.07. The van der Waals surface area contributed by atoms with Crippen LogP contribution in [-0.2, 0) is 16.1 Å². The molecule has 0 bridgehead atoms. The summed E-state index contributed by atoms with van der Waals surface area (Å²) in [5.41, 5.74) is 2.08. The number of benzene rings is 3. The van der Waals surface area contributed by atoms with E-state index in [2.05, 4.69) is 45.9 Å². The van der Waals surface area contributed by atoms with Crippen LogP contribution >= 0.6 is 0 Å². The molecule has 0 aliphatic carbocycles. The highest BCUT2D eigenvalue weighted by Gasteiger charge is 2.26. The number of methoxy groups -OCH3 is 1. The van der Waals surface area contributed by atoms with Crippen molar-refractivity contribution >= 4 is 22.6 Å². The van der Waals surface area contributed by atoms with Crippen LogP contribution in [0.4, 0.5) is 0 Å². The van der Waals surface area contributed by atoms with Gasteiger partial charge in [-0.15, -0.1) is 0 Å². The molecule has 6 nitrogen and oxygen atoms in total. The zero-order valence-corrected chi connectivity index (χ0v) is 18.3. The summed E-state index contributed by atoms with van der Waals surface area (Å²) in [6.45, 7) is 2.67. The van der Waals surface area contributed by atoms with Crippen LogP contribution in [0.25, 0.3) is 10.8 Å². The molecule has 1 heterocycles. The fourth-order valence-corrected chi connectivity index (χ4v) is 4.31. The molecule has 0 radical (unpaired) electrons. The van der Waals surface area contributed by atoms with Crippen molar-refractivity contribution in [2.24, 2.45) is 0 Å². The molecule has 1 fully saturated rings. The standard InChI is InChI=1S/C26H29N3O3/c1-32-21-13-11-19(12-14-21)17-27-25(30)26(31)28-18-24(29-15-4-5-16-29)23-10-6-8-20-7-2-3-9-22(20)23/h2-3,6-14,24H,4-5,15-18H2,1H3,(H,27,30)(H,28,31)/t24-/m1/s1. The molecular weight excluding hydrogens is 402 g/mol. The zero-order chi connectivity index (χ0) is 22.3. The molecule has 1 atom stereocenters. The van der Waals surface area contributed by atoms with Gasteiger partial charge in [0.25, 0.3) is 0 Å². The third-order valence-electron chi connectivity index (χ3n) is 6.04. The summed E-state index contributed by atoms with van der Waals surface area (Å²) >= 11 is 0. The van der Waals surface area contributed by atoms with Gasteiger partial charge in [0.1, 0.15) is 5.75 Å². The maximum absolute atomic E-state index is 12.5. The first-order chi connectivity index (χ1) is 15.7. The molecule has 2 N–H and O–H groups in total. The summed E-state index contributed by atoms with van der Waals surface area (Å²) in [5.74, 6) is -0.485. The van der Waals surface area contributed by atoms with Crippen LogP contribution in [0.2, 0.25) is 0 Å². The highest BCUT2D eigenvalue weighted by Crippen LogP contribution is 2.30. The minimum Gasteiger partial charge on any atom is -0.497 e. The fraction of sp³-hybridized carbons (Fsp3) is 0.308. The third kappa shape index (κ3) is 5.08. The van der Waals surface area contributed by atoms with Gasteiger partial charge < -0.3 is 15.4 Å². The molecule has 3 aromatic carbocycles. The molecule has 4 rings (SSSR count). The van der Waals surface area contributed by atoms with Gasteiger partial charge >= 0.3 is 11.8 Å². The van der Waals surface area contributed by atoms with Crippen LogP contribution in [0.5, 0.6) is 5.75 Å². The van der Waals surface area contributed by atoms with Gasteiger partial charge in [0.15, 0.2) is 0 Å². The van der Waals surface area contributed by atoms with Gasteiger partial charge in [-0.05, 0) is 60.0 Å². The number of carbonyl (C=O) groups is 2. The van der Waals surface area contributed by atoms with Crippen molar-refractivity contribution in [2.45, 2.75) is 25.4 Å². The maximum atomic E-state index is 12.5. The van der Waals surface area contributed by atoms with E-state index in [1.54, 1.807) is 7.11 Å². The Morgan fingerprint density at radius 3 is 2.34 bits per heavy atom. The van der Waals surface area contributed by atoms with Crippen molar-refractivity contribution in [3.8, 4) is 5.75 Å². The van der Waals surface area contributed by atoms with Crippen LogP contribution < -0.4 is 15.4 Å². The Morgan fingerprint density at radius 2 is 1.59 bits per heavy atom. The number of rotatable bonds is 7. The number of hydrogen-bond acceptors (Lipinski definition) is 4. The van der Waals surface area contributed by atoms with Crippen LogP contribution in [0.1, 0.15) is 30.0 Å². The predicted molar refractivity (Wildman–Crippen MR) is 125 cm³/mol. The summed E-state index contributed by atoms with van der Waals surface area (Å²) in [5, 5.41) is 7.92. The lowest BCUT2D eigenvalue weighted by Crippen LogP contribution is -2.43. The predicted octanol–water partition coefficient (Wildman–Crippen LogP) is 3.42. The second kappa shape index (κ2) is 10.3. The molecule has 166 valence electrons. The highest BCUT2D eigenvalue weighted by atomic mass is 16.5. The summed E-state index contributed by atoms with van der Waals surface area (Å²) < 4.78 is 5.14. The summed E-state index contributed by atoms with van der Waals surface area (Å²) in [6.07, 6.45) is 2.30. The van der Waals surface area contributed by atoms with Crippen molar-refractivity contribution in [1.29, 1.82) is 0 Å². The van der Waals surface area contributed by atoms with Crippen molar-refractivity contribution in [1.82, 2.24) is 15.5 Å². The van der Waals surface area contributed by atoms with E-state index in [0.717, 1.165) is 37.2 Å². The van der Waals surface area contributed by atoms with E-state index in [-0.39, 0.29) is 12.6 Å². The van der Waals surface area contributed by atoms with Gasteiger partial charge in [-0.1, -0.05) is 54.6 Å². The molecule has 3 aromatic rings. The maximum Gasteiger partial charge on any atom is 0.309 e. The summed E-state index contributed by atoms with van der Waals surface area (Å²) in [4.78, 5) is 27.3. The highest BCUT2D eigenvalue weighted by molar-refractivity contribution is 6.35. The Hall–Kier alpha value is -3.38. The Labute approximate surface area is 188 Å². The minimum absolute atomic E-state index is 0.0296. The van der Waals surface area contributed by atoms with Crippen LogP contribution in [0.3, 0.4) is 0 Å². The molecule has 1 aliphatic heterocycles. The smallest absolute Gasteiger partial charge is 0.309 e. The first-order valence-corrected chi connectivity index (χ1v) is 11.1. The number of ether oxygens (including phenoxy) is 1. The van der Waals surface area contributed by atoms with E-state index in [1.165, 1.54) is 16.3 Å². The fourth-order valence-electron chi connectivity index (χ4n) is 4.31. The van der Waals surface area contributed by atoms with Crippen LogP contribution in [0, 0.1) is 0 Å². The van der Waals surface area contributed by atoms with Crippen LogP contribution in [0.15, 0.2) is 66.7 Å². The Kier molecular flexibility index (Phi) is 7.02. The van der Waals surface area contributed by atoms with Crippen molar-refractivity contribution < 1.29 is 14.3 Å². The molecule has 2 amide bonds. The number of carbonyl (C=O) groups excluding carboxylic acids is 2. The molecule has 1 aliphatic rings. The van der Waals surface area contributed by atoms with Gasteiger partial charge in [0.05, 0.1) is 13.2 Å². The Bertz CT molecular complexity index is 1070. The molecule has 6 heteroatoms. The van der Waals surface area contributed by atoms with Gasteiger partial charge in [-0.3, -0.25) is 14.5 Å². The Morgan fingerprint density at radius 1 is 0.906 bits per heavy atom. The Balaban J connectivity index is 1.41. The molecule has 0 aromatic heterocycles. The van der Waals surface area contributed by atoms with Crippen molar-refractivity contribution in [3.05, 3.63) is 77.9 Å². The minimum atomic E-state index is -0.626. The normalized spacial score (nSPS) is 14.8. The number of amides is 2. The number of likely N-dealkylation sites (tertiary alicyclic amines) is 1. The lowest BCUT2D eigenvalue weighted by molar-refractivity contribution is -0.139. The molecule has 0 saturated carbocycles. The lowest BCUT2D eigenvalue weighted by atomic mass is 9.97. The number of hydrogen-bond donors (Lipinski definition) is 2. The average Bonchev–Trinajstić information content (AvgIpc) is 3.37. The van der Waals surface area contributed by atoms with Gasteiger partial charge in [0.2, 0.25) is 0 Å². The van der Waals surface area contributed by atoms with Crippen molar-refractivity contribution in [3.63, 3.8) is 0 Å². The van der Waals surface area contributed by atoms with E-state index < -0.39 is 11.8 Å². The molecule has 0 unspecified atom stereocenters. The molecular formula is C26H29N3O3. The monoisotopic (exact) mass is 431 g/mol. The summed E-state index contributed by atoms with van der Waals surface area (Å²) in [6, 6.07) is 22.0. The number of nitrogens with zero attached hydrogens (tertiary/aromatic N) is 1. The number of fused-ring (bicyclic) bond motifs is 1. The first kappa shape index (κ1) is 21.8. The molecule has 0 spiro atoms.